The van der Waals surface area contributed by atoms with Gasteiger partial charge in [0.1, 0.15) is 5.75 Å². The van der Waals surface area contributed by atoms with E-state index in [4.69, 9.17) is 4.74 Å². The van der Waals surface area contributed by atoms with Crippen molar-refractivity contribution in [2.24, 2.45) is 0 Å². The molecule has 0 saturated carbocycles. The van der Waals surface area contributed by atoms with E-state index in [9.17, 15) is 0 Å². The van der Waals surface area contributed by atoms with Crippen molar-refractivity contribution in [3.05, 3.63) is 54.1 Å². The van der Waals surface area contributed by atoms with Gasteiger partial charge in [-0.3, -0.25) is 0 Å². The molecule has 2 rings (SSSR count). The van der Waals surface area contributed by atoms with Gasteiger partial charge in [-0.1, -0.05) is 43.3 Å². The molecule has 112 valence electrons. The van der Waals surface area contributed by atoms with Crippen LogP contribution in [-0.4, -0.2) is 19.7 Å². The summed E-state index contributed by atoms with van der Waals surface area (Å²) in [6.45, 7) is 5.09. The Bertz CT molecular complexity index is 530. The molecule has 0 bridgehead atoms. The quantitative estimate of drug-likeness (QED) is 0.818. The predicted molar refractivity (Wildman–Crippen MR) is 89.9 cm³/mol. The van der Waals surface area contributed by atoms with Gasteiger partial charge in [0.2, 0.25) is 0 Å². The van der Waals surface area contributed by atoms with E-state index in [0.717, 1.165) is 25.2 Å². The molecule has 0 aliphatic rings. The van der Waals surface area contributed by atoms with Crippen molar-refractivity contribution in [3.63, 3.8) is 0 Å². The average molecular weight is 283 g/mol. The highest BCUT2D eigenvalue weighted by atomic mass is 16.5. The normalized spacial score (nSPS) is 12.1. The van der Waals surface area contributed by atoms with Gasteiger partial charge in [0.05, 0.1) is 6.61 Å². The average Bonchev–Trinajstić information content (AvgIpc) is 2.54. The maximum atomic E-state index is 5.61. The minimum Gasteiger partial charge on any atom is -0.494 e. The molecule has 0 fully saturated rings. The summed E-state index contributed by atoms with van der Waals surface area (Å²) in [5.41, 5.74) is 3.84. The Morgan fingerprint density at radius 2 is 1.52 bits per heavy atom. The van der Waals surface area contributed by atoms with Crippen molar-refractivity contribution in [2.75, 3.05) is 13.7 Å². The van der Waals surface area contributed by atoms with E-state index in [1.807, 2.05) is 19.2 Å². The first-order chi connectivity index (χ1) is 10.2. The van der Waals surface area contributed by atoms with E-state index in [1.165, 1.54) is 16.7 Å². The van der Waals surface area contributed by atoms with Gasteiger partial charge in [-0.2, -0.15) is 0 Å². The molecular formula is C19H25NO. The number of hydrogen-bond donors (Lipinski definition) is 1. The number of hydrogen-bond acceptors (Lipinski definition) is 2. The second kappa shape index (κ2) is 7.84. The Morgan fingerprint density at radius 3 is 2.05 bits per heavy atom. The highest BCUT2D eigenvalue weighted by Gasteiger charge is 2.02. The van der Waals surface area contributed by atoms with E-state index in [0.29, 0.717) is 6.04 Å². The van der Waals surface area contributed by atoms with Gasteiger partial charge in [-0.05, 0) is 55.6 Å². The monoisotopic (exact) mass is 283 g/mol. The number of ether oxygens (including phenoxy) is 1. The van der Waals surface area contributed by atoms with E-state index < -0.39 is 0 Å². The molecule has 1 unspecified atom stereocenters. The standard InChI is InChI=1S/C19H25NO/c1-4-13-21-19-11-9-18(10-12-19)17-7-5-16(6-8-17)14-15(2)20-3/h5-12,15,20H,4,13-14H2,1-3H3. The van der Waals surface area contributed by atoms with Gasteiger partial charge in [-0.15, -0.1) is 0 Å². The molecule has 2 aromatic rings. The SMILES string of the molecule is CCCOc1ccc(-c2ccc(CC(C)NC)cc2)cc1. The molecule has 0 amide bonds. The Morgan fingerprint density at radius 1 is 0.952 bits per heavy atom. The van der Waals surface area contributed by atoms with Crippen LogP contribution in [0.5, 0.6) is 5.75 Å². The zero-order valence-corrected chi connectivity index (χ0v) is 13.2. The number of benzene rings is 2. The number of rotatable bonds is 7. The Kier molecular flexibility index (Phi) is 5.82. The minimum absolute atomic E-state index is 0.505. The Hall–Kier alpha value is -1.80. The van der Waals surface area contributed by atoms with Crippen LogP contribution in [0.3, 0.4) is 0 Å². The smallest absolute Gasteiger partial charge is 0.119 e. The molecule has 2 heteroatoms. The highest BCUT2D eigenvalue weighted by molar-refractivity contribution is 5.64. The molecule has 0 aromatic heterocycles. The fraction of sp³-hybridized carbons (Fsp3) is 0.368. The molecular weight excluding hydrogens is 258 g/mol. The van der Waals surface area contributed by atoms with Crippen molar-refractivity contribution >= 4 is 0 Å². The summed E-state index contributed by atoms with van der Waals surface area (Å²) in [4.78, 5) is 0. The summed E-state index contributed by atoms with van der Waals surface area (Å²) >= 11 is 0. The molecule has 1 N–H and O–H groups in total. The molecule has 0 radical (unpaired) electrons. The second-order valence-electron chi connectivity index (χ2n) is 5.46. The molecule has 21 heavy (non-hydrogen) atoms. The minimum atomic E-state index is 0.505. The predicted octanol–water partition coefficient (Wildman–Crippen LogP) is 4.29. The Labute approximate surface area is 128 Å². The van der Waals surface area contributed by atoms with Gasteiger partial charge in [-0.25, -0.2) is 0 Å². The molecule has 2 aromatic carbocycles. The van der Waals surface area contributed by atoms with Gasteiger partial charge in [0.25, 0.3) is 0 Å². The maximum Gasteiger partial charge on any atom is 0.119 e. The van der Waals surface area contributed by atoms with Crippen LogP contribution < -0.4 is 10.1 Å². The van der Waals surface area contributed by atoms with Crippen LogP contribution in [0.1, 0.15) is 25.8 Å². The van der Waals surface area contributed by atoms with Gasteiger partial charge >= 0.3 is 0 Å². The molecule has 0 heterocycles. The first-order valence-corrected chi connectivity index (χ1v) is 7.72. The van der Waals surface area contributed by atoms with Crippen molar-refractivity contribution in [3.8, 4) is 16.9 Å². The molecule has 0 aliphatic heterocycles. The molecule has 1 atom stereocenters. The van der Waals surface area contributed by atoms with Gasteiger partial charge in [0.15, 0.2) is 0 Å². The van der Waals surface area contributed by atoms with Crippen molar-refractivity contribution in [2.45, 2.75) is 32.7 Å². The zero-order chi connectivity index (χ0) is 15.1. The highest BCUT2D eigenvalue weighted by Crippen LogP contribution is 2.23. The summed E-state index contributed by atoms with van der Waals surface area (Å²) in [5, 5.41) is 3.27. The first-order valence-electron chi connectivity index (χ1n) is 7.72. The maximum absolute atomic E-state index is 5.61. The third-order valence-corrected chi connectivity index (χ3v) is 3.65. The van der Waals surface area contributed by atoms with Crippen LogP contribution in [0.15, 0.2) is 48.5 Å². The topological polar surface area (TPSA) is 21.3 Å². The largest absolute Gasteiger partial charge is 0.494 e. The van der Waals surface area contributed by atoms with Crippen LogP contribution >= 0.6 is 0 Å². The molecule has 0 saturated heterocycles. The van der Waals surface area contributed by atoms with E-state index >= 15 is 0 Å². The summed E-state index contributed by atoms with van der Waals surface area (Å²) in [6.07, 6.45) is 2.09. The van der Waals surface area contributed by atoms with Crippen LogP contribution in [0.4, 0.5) is 0 Å². The number of likely N-dealkylation sites (N-methyl/N-ethyl adjacent to an activating group) is 1. The van der Waals surface area contributed by atoms with Gasteiger partial charge < -0.3 is 10.1 Å². The third-order valence-electron chi connectivity index (χ3n) is 3.65. The molecule has 0 aliphatic carbocycles. The second-order valence-corrected chi connectivity index (χ2v) is 5.46. The fourth-order valence-electron chi connectivity index (χ4n) is 2.25. The lowest BCUT2D eigenvalue weighted by Crippen LogP contribution is -2.23. The third kappa shape index (κ3) is 4.61. The van der Waals surface area contributed by atoms with Crippen LogP contribution in [0, 0.1) is 0 Å². The molecule has 2 nitrogen and oxygen atoms in total. The zero-order valence-electron chi connectivity index (χ0n) is 13.2. The lowest BCUT2D eigenvalue weighted by Gasteiger charge is -2.11. The van der Waals surface area contributed by atoms with Crippen LogP contribution in [-0.2, 0) is 6.42 Å². The fourth-order valence-corrected chi connectivity index (χ4v) is 2.25. The Balaban J connectivity index is 2.04. The summed E-state index contributed by atoms with van der Waals surface area (Å²) in [7, 11) is 2.00. The lowest BCUT2D eigenvalue weighted by atomic mass is 10.0. The van der Waals surface area contributed by atoms with Crippen molar-refractivity contribution in [1.29, 1.82) is 0 Å². The number of nitrogens with one attached hydrogen (secondary N) is 1. The van der Waals surface area contributed by atoms with Crippen molar-refractivity contribution < 1.29 is 4.74 Å². The van der Waals surface area contributed by atoms with E-state index in [-0.39, 0.29) is 0 Å². The summed E-state index contributed by atoms with van der Waals surface area (Å²) < 4.78 is 5.61. The van der Waals surface area contributed by atoms with Gasteiger partial charge in [0, 0.05) is 6.04 Å². The van der Waals surface area contributed by atoms with Crippen LogP contribution in [0.25, 0.3) is 11.1 Å². The van der Waals surface area contributed by atoms with E-state index in [2.05, 4.69) is 55.6 Å². The summed E-state index contributed by atoms with van der Waals surface area (Å²) in [5.74, 6) is 0.945. The summed E-state index contributed by atoms with van der Waals surface area (Å²) in [6, 6.07) is 17.6. The van der Waals surface area contributed by atoms with Crippen molar-refractivity contribution in [1.82, 2.24) is 5.32 Å². The molecule has 0 spiro atoms. The van der Waals surface area contributed by atoms with E-state index in [1.54, 1.807) is 0 Å². The lowest BCUT2D eigenvalue weighted by molar-refractivity contribution is 0.317. The van der Waals surface area contributed by atoms with Crippen LogP contribution in [0.2, 0.25) is 0 Å². The first kappa shape index (κ1) is 15.6.